The van der Waals surface area contributed by atoms with Gasteiger partial charge in [0.05, 0.1) is 12.6 Å². The molecule has 7 nitrogen and oxygen atoms in total. The monoisotopic (exact) mass is 293 g/mol. The molecule has 0 amide bonds. The maximum absolute atomic E-state index is 11.6. The van der Waals surface area contributed by atoms with Crippen LogP contribution in [0.5, 0.6) is 0 Å². The van der Waals surface area contributed by atoms with E-state index in [9.17, 15) is 8.42 Å². The zero-order valence-electron chi connectivity index (χ0n) is 11.2. The number of piperidine rings is 1. The van der Waals surface area contributed by atoms with Gasteiger partial charge in [0.25, 0.3) is 0 Å². The SMILES string of the molecule is CS(=O)(=O)N1CCCC(Cn2cnc(C#N)c2C#N)C1. The van der Waals surface area contributed by atoms with Gasteiger partial charge in [-0.25, -0.2) is 17.7 Å². The Balaban J connectivity index is 2.13. The quantitative estimate of drug-likeness (QED) is 0.797. The van der Waals surface area contributed by atoms with Crippen LogP contribution < -0.4 is 0 Å². The molecule has 2 rings (SSSR count). The van der Waals surface area contributed by atoms with Gasteiger partial charge in [-0.05, 0) is 18.8 Å². The fourth-order valence-corrected chi connectivity index (χ4v) is 3.42. The minimum atomic E-state index is -3.18. The second-order valence-corrected chi connectivity index (χ2v) is 6.93. The van der Waals surface area contributed by atoms with E-state index >= 15 is 0 Å². The van der Waals surface area contributed by atoms with Crippen LogP contribution in [0.25, 0.3) is 0 Å². The Hall–Kier alpha value is -1.90. The van der Waals surface area contributed by atoms with E-state index in [0.717, 1.165) is 12.8 Å². The van der Waals surface area contributed by atoms with Gasteiger partial charge in [-0.1, -0.05) is 0 Å². The molecular weight excluding hydrogens is 278 g/mol. The molecule has 1 fully saturated rings. The second kappa shape index (κ2) is 5.61. The number of rotatable bonds is 3. The molecule has 106 valence electrons. The highest BCUT2D eigenvalue weighted by Gasteiger charge is 2.26. The average molecular weight is 293 g/mol. The summed E-state index contributed by atoms with van der Waals surface area (Å²) in [5.74, 6) is 0.131. The fraction of sp³-hybridized carbons (Fsp3) is 0.583. The number of aromatic nitrogens is 2. The van der Waals surface area contributed by atoms with Crippen LogP contribution in [-0.2, 0) is 16.6 Å². The van der Waals surface area contributed by atoms with E-state index < -0.39 is 10.0 Å². The molecule has 0 bridgehead atoms. The zero-order chi connectivity index (χ0) is 14.8. The van der Waals surface area contributed by atoms with Crippen molar-refractivity contribution in [1.29, 1.82) is 10.5 Å². The number of hydrogen-bond acceptors (Lipinski definition) is 5. The molecule has 8 heteroatoms. The number of nitrogens with zero attached hydrogens (tertiary/aromatic N) is 5. The maximum atomic E-state index is 11.6. The average Bonchev–Trinajstić information content (AvgIpc) is 2.80. The van der Waals surface area contributed by atoms with Crippen molar-refractivity contribution in [2.24, 2.45) is 5.92 Å². The lowest BCUT2D eigenvalue weighted by molar-refractivity contribution is 0.246. The van der Waals surface area contributed by atoms with Gasteiger partial charge in [0.2, 0.25) is 10.0 Å². The molecule has 0 aromatic carbocycles. The van der Waals surface area contributed by atoms with Gasteiger partial charge in [0, 0.05) is 19.6 Å². The summed E-state index contributed by atoms with van der Waals surface area (Å²) in [6.45, 7) is 1.50. The highest BCUT2D eigenvalue weighted by Crippen LogP contribution is 2.21. The van der Waals surface area contributed by atoms with E-state index in [-0.39, 0.29) is 17.3 Å². The van der Waals surface area contributed by atoms with Crippen molar-refractivity contribution in [1.82, 2.24) is 13.9 Å². The van der Waals surface area contributed by atoms with Gasteiger partial charge in [-0.15, -0.1) is 0 Å². The lowest BCUT2D eigenvalue weighted by Gasteiger charge is -2.31. The third-order valence-corrected chi connectivity index (χ3v) is 4.72. The van der Waals surface area contributed by atoms with Crippen LogP contribution in [0.3, 0.4) is 0 Å². The summed E-state index contributed by atoms with van der Waals surface area (Å²) in [7, 11) is -3.18. The van der Waals surface area contributed by atoms with E-state index in [1.807, 2.05) is 12.1 Å². The molecule has 0 aliphatic carbocycles. The van der Waals surface area contributed by atoms with Crippen molar-refractivity contribution in [3.8, 4) is 12.1 Å². The molecule has 1 aliphatic rings. The molecule has 0 saturated carbocycles. The van der Waals surface area contributed by atoms with Crippen molar-refractivity contribution in [3.05, 3.63) is 17.7 Å². The highest BCUT2D eigenvalue weighted by molar-refractivity contribution is 7.88. The van der Waals surface area contributed by atoms with E-state index in [2.05, 4.69) is 4.98 Å². The van der Waals surface area contributed by atoms with Crippen molar-refractivity contribution in [2.45, 2.75) is 19.4 Å². The van der Waals surface area contributed by atoms with Crippen LogP contribution in [0.15, 0.2) is 6.33 Å². The Morgan fingerprint density at radius 3 is 2.80 bits per heavy atom. The Morgan fingerprint density at radius 2 is 2.20 bits per heavy atom. The zero-order valence-corrected chi connectivity index (χ0v) is 12.0. The second-order valence-electron chi connectivity index (χ2n) is 4.95. The summed E-state index contributed by atoms with van der Waals surface area (Å²) in [6.07, 6.45) is 4.38. The third kappa shape index (κ3) is 2.98. The third-order valence-electron chi connectivity index (χ3n) is 3.46. The first-order valence-corrected chi connectivity index (χ1v) is 8.11. The molecule has 2 heterocycles. The Labute approximate surface area is 118 Å². The van der Waals surface area contributed by atoms with Crippen molar-refractivity contribution < 1.29 is 8.42 Å². The summed E-state index contributed by atoms with van der Waals surface area (Å²) in [4.78, 5) is 3.89. The molecule has 0 radical (unpaired) electrons. The highest BCUT2D eigenvalue weighted by atomic mass is 32.2. The first kappa shape index (κ1) is 14.5. The fourth-order valence-electron chi connectivity index (χ4n) is 2.48. The molecule has 0 N–H and O–H groups in total. The minimum absolute atomic E-state index is 0.114. The standard InChI is InChI=1S/C12H15N5O2S/c1-20(18,19)17-4-2-3-10(8-17)7-16-9-15-11(5-13)12(16)6-14/h9-10H,2-4,7-8H2,1H3. The van der Waals surface area contributed by atoms with Crippen LogP contribution in [0, 0.1) is 28.6 Å². The Morgan fingerprint density at radius 1 is 1.45 bits per heavy atom. The van der Waals surface area contributed by atoms with Crippen LogP contribution in [-0.4, -0.2) is 41.6 Å². The van der Waals surface area contributed by atoms with Crippen LogP contribution in [0.1, 0.15) is 24.2 Å². The van der Waals surface area contributed by atoms with Crippen molar-refractivity contribution in [2.75, 3.05) is 19.3 Å². The number of imidazole rings is 1. The van der Waals surface area contributed by atoms with E-state index in [1.54, 1.807) is 4.57 Å². The predicted octanol–water partition coefficient (Wildman–Crippen LogP) is 0.298. The first-order valence-electron chi connectivity index (χ1n) is 6.26. The molecule has 1 atom stereocenters. The summed E-state index contributed by atoms with van der Waals surface area (Å²) in [6, 6.07) is 3.85. The molecular formula is C12H15N5O2S. The van der Waals surface area contributed by atoms with Crippen molar-refractivity contribution >= 4 is 10.0 Å². The molecule has 1 aromatic heterocycles. The van der Waals surface area contributed by atoms with Gasteiger partial charge >= 0.3 is 0 Å². The molecule has 20 heavy (non-hydrogen) atoms. The largest absolute Gasteiger partial charge is 0.321 e. The van der Waals surface area contributed by atoms with E-state index in [1.165, 1.54) is 16.9 Å². The minimum Gasteiger partial charge on any atom is -0.321 e. The number of sulfonamides is 1. The number of hydrogen-bond donors (Lipinski definition) is 0. The molecule has 1 aliphatic heterocycles. The van der Waals surface area contributed by atoms with Crippen molar-refractivity contribution in [3.63, 3.8) is 0 Å². The van der Waals surface area contributed by atoms with Gasteiger partial charge in [-0.2, -0.15) is 10.5 Å². The lowest BCUT2D eigenvalue weighted by atomic mass is 9.99. The van der Waals surface area contributed by atoms with Crippen LogP contribution >= 0.6 is 0 Å². The summed E-state index contributed by atoms with van der Waals surface area (Å²) in [5.41, 5.74) is 0.354. The van der Waals surface area contributed by atoms with Crippen LogP contribution in [0.2, 0.25) is 0 Å². The van der Waals surface area contributed by atoms with Crippen LogP contribution in [0.4, 0.5) is 0 Å². The predicted molar refractivity (Wildman–Crippen MR) is 70.8 cm³/mol. The maximum Gasteiger partial charge on any atom is 0.211 e. The lowest BCUT2D eigenvalue weighted by Crippen LogP contribution is -2.40. The topological polar surface area (TPSA) is 103 Å². The van der Waals surface area contributed by atoms with Gasteiger partial charge < -0.3 is 4.57 Å². The summed E-state index contributed by atoms with van der Waals surface area (Å²) < 4.78 is 26.2. The van der Waals surface area contributed by atoms with Gasteiger partial charge in [0.1, 0.15) is 12.1 Å². The first-order chi connectivity index (χ1) is 9.45. The summed E-state index contributed by atoms with van der Waals surface area (Å²) >= 11 is 0. The molecule has 1 unspecified atom stereocenters. The molecule has 0 spiro atoms. The van der Waals surface area contributed by atoms with Gasteiger partial charge in [0.15, 0.2) is 11.4 Å². The Kier molecular flexibility index (Phi) is 4.07. The van der Waals surface area contributed by atoms with E-state index in [0.29, 0.717) is 19.6 Å². The van der Waals surface area contributed by atoms with E-state index in [4.69, 9.17) is 10.5 Å². The summed E-state index contributed by atoms with van der Waals surface area (Å²) in [5, 5.41) is 17.9. The smallest absolute Gasteiger partial charge is 0.211 e. The molecule has 1 saturated heterocycles. The molecule has 1 aromatic rings. The normalized spacial score (nSPS) is 20.2. The Bertz CT molecular complexity index is 680. The van der Waals surface area contributed by atoms with Gasteiger partial charge in [-0.3, -0.25) is 0 Å². The number of nitriles is 2.